The van der Waals surface area contributed by atoms with Crippen molar-refractivity contribution >= 4 is 27.7 Å². The van der Waals surface area contributed by atoms with Crippen LogP contribution in [0.5, 0.6) is 0 Å². The van der Waals surface area contributed by atoms with Crippen molar-refractivity contribution in [2.75, 3.05) is 7.11 Å². The number of ether oxygens (including phenoxy) is 1. The van der Waals surface area contributed by atoms with Gasteiger partial charge in [-0.2, -0.15) is 0 Å². The molecule has 0 aliphatic rings. The number of rotatable bonds is 2. The Hall–Kier alpha value is -2.27. The van der Waals surface area contributed by atoms with Crippen LogP contribution in [0.15, 0.2) is 42.5 Å². The normalized spacial score (nSPS) is 10.6. The Labute approximate surface area is 113 Å². The quantitative estimate of drug-likeness (QED) is 0.671. The van der Waals surface area contributed by atoms with Crippen LogP contribution in [0.1, 0.15) is 10.4 Å². The summed E-state index contributed by atoms with van der Waals surface area (Å²) in [4.78, 5) is 11.8. The van der Waals surface area contributed by atoms with Gasteiger partial charge in [0.05, 0.1) is 17.4 Å². The Morgan fingerprint density at radius 2 is 1.89 bits per heavy atom. The van der Waals surface area contributed by atoms with Crippen LogP contribution in [0.25, 0.3) is 21.3 Å². The Morgan fingerprint density at radius 1 is 1.11 bits per heavy atom. The van der Waals surface area contributed by atoms with E-state index in [0.29, 0.717) is 5.56 Å². The van der Waals surface area contributed by atoms with Crippen molar-refractivity contribution < 1.29 is 9.53 Å². The number of esters is 1. The molecule has 0 aliphatic carbocycles. The molecule has 94 valence electrons. The van der Waals surface area contributed by atoms with Gasteiger partial charge in [-0.3, -0.25) is 0 Å². The largest absolute Gasteiger partial charge is 0.465 e. The first kappa shape index (κ1) is 11.8. The van der Waals surface area contributed by atoms with Crippen LogP contribution in [0.3, 0.4) is 0 Å². The molecule has 0 fully saturated rings. The van der Waals surface area contributed by atoms with E-state index < -0.39 is 0 Å². The Morgan fingerprint density at radius 3 is 2.74 bits per heavy atom. The summed E-state index contributed by atoms with van der Waals surface area (Å²) in [5.74, 6) is -0.351. The minimum absolute atomic E-state index is 0.351. The van der Waals surface area contributed by atoms with Gasteiger partial charge < -0.3 is 4.74 Å². The van der Waals surface area contributed by atoms with Gasteiger partial charge in [-0.15, -0.1) is 5.10 Å². The molecular formula is C14H10N2O2S. The molecule has 0 unspecified atom stereocenters. The van der Waals surface area contributed by atoms with Gasteiger partial charge in [-0.1, -0.05) is 34.8 Å². The number of hydrogen-bond acceptors (Lipinski definition) is 5. The van der Waals surface area contributed by atoms with Crippen LogP contribution in [-0.2, 0) is 4.74 Å². The summed E-state index contributed by atoms with van der Waals surface area (Å²) in [6.45, 7) is 0. The minimum atomic E-state index is -0.351. The van der Waals surface area contributed by atoms with E-state index in [1.807, 2.05) is 36.4 Å². The van der Waals surface area contributed by atoms with Crippen molar-refractivity contribution in [2.24, 2.45) is 0 Å². The third-order valence-electron chi connectivity index (χ3n) is 2.90. The van der Waals surface area contributed by atoms with Gasteiger partial charge in [0.15, 0.2) is 0 Å². The fourth-order valence-electron chi connectivity index (χ4n) is 2.03. The minimum Gasteiger partial charge on any atom is -0.465 e. The van der Waals surface area contributed by atoms with E-state index in [4.69, 9.17) is 4.74 Å². The van der Waals surface area contributed by atoms with Gasteiger partial charge in [0, 0.05) is 5.56 Å². The Bertz CT molecular complexity index is 752. The lowest BCUT2D eigenvalue weighted by molar-refractivity contribution is 0.0601. The molecule has 0 aliphatic heterocycles. The van der Waals surface area contributed by atoms with Crippen LogP contribution >= 0.6 is 11.5 Å². The molecule has 3 aromatic rings. The number of hydrogen-bond donors (Lipinski definition) is 0. The first-order valence-corrected chi connectivity index (χ1v) is 6.47. The number of benzene rings is 2. The molecule has 1 heterocycles. The zero-order chi connectivity index (χ0) is 13.2. The highest BCUT2D eigenvalue weighted by Crippen LogP contribution is 2.31. The van der Waals surface area contributed by atoms with E-state index in [9.17, 15) is 4.79 Å². The zero-order valence-corrected chi connectivity index (χ0v) is 11.0. The summed E-state index contributed by atoms with van der Waals surface area (Å²) in [7, 11) is 1.38. The number of nitrogens with zero attached hydrogens (tertiary/aromatic N) is 2. The second-order valence-corrected chi connectivity index (χ2v) is 4.75. The number of aromatic nitrogens is 2. The van der Waals surface area contributed by atoms with Crippen molar-refractivity contribution in [3.63, 3.8) is 0 Å². The second-order valence-electron chi connectivity index (χ2n) is 3.96. The maximum Gasteiger partial charge on any atom is 0.338 e. The van der Waals surface area contributed by atoms with Crippen LogP contribution < -0.4 is 0 Å². The topological polar surface area (TPSA) is 52.1 Å². The molecule has 0 N–H and O–H groups in total. The summed E-state index contributed by atoms with van der Waals surface area (Å²) in [5.41, 5.74) is 3.05. The third-order valence-corrected chi connectivity index (χ3v) is 3.59. The molecule has 0 spiro atoms. The molecule has 3 rings (SSSR count). The van der Waals surface area contributed by atoms with Crippen molar-refractivity contribution in [3.8, 4) is 11.1 Å². The van der Waals surface area contributed by atoms with Crippen LogP contribution in [0.4, 0.5) is 0 Å². The lowest BCUT2D eigenvalue weighted by atomic mass is 9.99. The fourth-order valence-corrected chi connectivity index (χ4v) is 2.61. The number of methoxy groups -OCH3 is 1. The van der Waals surface area contributed by atoms with E-state index in [0.717, 1.165) is 21.3 Å². The highest BCUT2D eigenvalue weighted by atomic mass is 32.1. The third kappa shape index (κ3) is 1.98. The van der Waals surface area contributed by atoms with Crippen LogP contribution in [-0.4, -0.2) is 22.7 Å². The lowest BCUT2D eigenvalue weighted by Crippen LogP contribution is -2.03. The summed E-state index contributed by atoms with van der Waals surface area (Å²) < 4.78 is 9.77. The van der Waals surface area contributed by atoms with Gasteiger partial charge in [0.1, 0.15) is 5.52 Å². The van der Waals surface area contributed by atoms with Crippen molar-refractivity contribution in [1.29, 1.82) is 0 Å². The molecule has 19 heavy (non-hydrogen) atoms. The molecule has 0 atom stereocenters. The van der Waals surface area contributed by atoms with E-state index in [-0.39, 0.29) is 5.97 Å². The highest BCUT2D eigenvalue weighted by molar-refractivity contribution is 7.13. The van der Waals surface area contributed by atoms with Crippen molar-refractivity contribution in [1.82, 2.24) is 9.59 Å². The molecule has 0 saturated carbocycles. The maximum atomic E-state index is 11.8. The predicted molar refractivity (Wildman–Crippen MR) is 74.2 cm³/mol. The van der Waals surface area contributed by atoms with Gasteiger partial charge in [-0.05, 0) is 29.2 Å². The highest BCUT2D eigenvalue weighted by Gasteiger charge is 2.15. The van der Waals surface area contributed by atoms with Gasteiger partial charge in [0.2, 0.25) is 0 Å². The first-order chi connectivity index (χ1) is 9.31. The Kier molecular flexibility index (Phi) is 2.97. The van der Waals surface area contributed by atoms with Gasteiger partial charge in [0.25, 0.3) is 0 Å². The van der Waals surface area contributed by atoms with E-state index in [1.54, 1.807) is 6.07 Å². The lowest BCUT2D eigenvalue weighted by Gasteiger charge is -2.08. The number of carbonyl (C=O) groups excluding carboxylic acids is 1. The fraction of sp³-hybridized carbons (Fsp3) is 0.0714. The summed E-state index contributed by atoms with van der Waals surface area (Å²) in [6.07, 6.45) is 0. The molecule has 0 saturated heterocycles. The van der Waals surface area contributed by atoms with E-state index in [2.05, 4.69) is 9.59 Å². The second kappa shape index (κ2) is 4.78. The van der Waals surface area contributed by atoms with Crippen LogP contribution in [0.2, 0.25) is 0 Å². The average Bonchev–Trinajstić information content (AvgIpc) is 2.94. The van der Waals surface area contributed by atoms with Gasteiger partial charge >= 0.3 is 5.97 Å². The Balaban J connectivity index is 2.27. The number of fused-ring (bicyclic) bond motifs is 1. The molecule has 0 radical (unpaired) electrons. The summed E-state index contributed by atoms with van der Waals surface area (Å²) in [5, 5.41) is 4.14. The van der Waals surface area contributed by atoms with E-state index >= 15 is 0 Å². The predicted octanol–water partition coefficient (Wildman–Crippen LogP) is 3.14. The maximum absolute atomic E-state index is 11.8. The van der Waals surface area contributed by atoms with Crippen LogP contribution in [0, 0.1) is 0 Å². The zero-order valence-electron chi connectivity index (χ0n) is 10.2. The molecule has 2 aromatic carbocycles. The van der Waals surface area contributed by atoms with Gasteiger partial charge in [-0.25, -0.2) is 4.79 Å². The first-order valence-electron chi connectivity index (χ1n) is 5.70. The summed E-state index contributed by atoms with van der Waals surface area (Å²) >= 11 is 1.34. The molecule has 0 amide bonds. The average molecular weight is 270 g/mol. The molecule has 4 nitrogen and oxygen atoms in total. The van der Waals surface area contributed by atoms with Crippen molar-refractivity contribution in [2.45, 2.75) is 0 Å². The molecule has 5 heteroatoms. The summed E-state index contributed by atoms with van der Waals surface area (Å²) in [6, 6.07) is 13.2. The number of carbonyl (C=O) groups is 1. The van der Waals surface area contributed by atoms with Crippen molar-refractivity contribution in [3.05, 3.63) is 48.0 Å². The molecule has 1 aromatic heterocycles. The van der Waals surface area contributed by atoms with E-state index in [1.165, 1.54) is 18.6 Å². The SMILES string of the molecule is COC(=O)c1ccccc1-c1cccc2snnc12. The smallest absolute Gasteiger partial charge is 0.338 e. The molecular weight excluding hydrogens is 260 g/mol. The monoisotopic (exact) mass is 270 g/mol. The standard InChI is InChI=1S/C14H10N2O2S/c1-18-14(17)11-6-3-2-5-9(11)10-7-4-8-12-13(10)15-16-19-12/h2-8H,1H3. The molecule has 0 bridgehead atoms.